The fourth-order valence-corrected chi connectivity index (χ4v) is 1.91. The van der Waals surface area contributed by atoms with Crippen molar-refractivity contribution in [1.82, 2.24) is 4.90 Å². The van der Waals surface area contributed by atoms with Crippen molar-refractivity contribution in [3.63, 3.8) is 0 Å². The molecule has 1 aromatic carbocycles. The highest BCUT2D eigenvalue weighted by molar-refractivity contribution is 5.72. The number of carboxylic acid groups (broad SMARTS) is 2. The Hall–Kier alpha value is -2.18. The van der Waals surface area contributed by atoms with E-state index in [-0.39, 0.29) is 6.54 Å². The second kappa shape index (κ2) is 7.42. The molecule has 0 saturated heterocycles. The number of aliphatic hydroxyl groups excluding tert-OH is 1. The van der Waals surface area contributed by atoms with Gasteiger partial charge in [-0.1, -0.05) is 36.9 Å². The predicted molar refractivity (Wildman–Crippen MR) is 73.2 cm³/mol. The number of hydrogen-bond acceptors (Lipinski definition) is 4. The van der Waals surface area contributed by atoms with Crippen molar-refractivity contribution in [2.75, 3.05) is 19.6 Å². The van der Waals surface area contributed by atoms with Gasteiger partial charge in [-0.25, -0.2) is 0 Å². The summed E-state index contributed by atoms with van der Waals surface area (Å²) in [6.07, 6.45) is 0.597. The summed E-state index contributed by atoms with van der Waals surface area (Å²) in [7, 11) is 0. The molecule has 1 unspecified atom stereocenters. The third-order valence-corrected chi connectivity index (χ3v) is 2.72. The van der Waals surface area contributed by atoms with Gasteiger partial charge in [-0.05, 0) is 11.1 Å². The van der Waals surface area contributed by atoms with Gasteiger partial charge in [-0.3, -0.25) is 14.5 Å². The molecule has 20 heavy (non-hydrogen) atoms. The van der Waals surface area contributed by atoms with E-state index in [9.17, 15) is 14.7 Å². The number of carboxylic acids is 2. The third-order valence-electron chi connectivity index (χ3n) is 2.72. The largest absolute Gasteiger partial charge is 0.480 e. The van der Waals surface area contributed by atoms with E-state index in [4.69, 9.17) is 10.2 Å². The Bertz CT molecular complexity index is 484. The monoisotopic (exact) mass is 279 g/mol. The van der Waals surface area contributed by atoms with E-state index < -0.39 is 31.1 Å². The number of aliphatic carboxylic acids is 2. The second-order valence-electron chi connectivity index (χ2n) is 4.31. The predicted octanol–water partition coefficient (Wildman–Crippen LogP) is 0.834. The topological polar surface area (TPSA) is 98.1 Å². The molecule has 1 rings (SSSR count). The van der Waals surface area contributed by atoms with Gasteiger partial charge in [-0.15, -0.1) is 0 Å². The molecule has 1 atom stereocenters. The zero-order valence-corrected chi connectivity index (χ0v) is 10.9. The Morgan fingerprint density at radius 3 is 2.25 bits per heavy atom. The zero-order chi connectivity index (χ0) is 15.1. The van der Waals surface area contributed by atoms with Crippen molar-refractivity contribution >= 4 is 18.0 Å². The minimum atomic E-state index is -1.14. The molecule has 0 aliphatic rings. The van der Waals surface area contributed by atoms with Crippen molar-refractivity contribution in [3.8, 4) is 0 Å². The maximum Gasteiger partial charge on any atom is 0.317 e. The SMILES string of the molecule is C=Cc1ccccc1C(O)CN(CC(=O)O)CC(=O)O. The average molecular weight is 279 g/mol. The molecule has 0 fully saturated rings. The highest BCUT2D eigenvalue weighted by atomic mass is 16.4. The summed E-state index contributed by atoms with van der Waals surface area (Å²) >= 11 is 0. The lowest BCUT2D eigenvalue weighted by atomic mass is 10.0. The number of hydrogen-bond donors (Lipinski definition) is 3. The number of aliphatic hydroxyl groups is 1. The van der Waals surface area contributed by atoms with Gasteiger partial charge in [0.05, 0.1) is 19.2 Å². The number of benzene rings is 1. The fraction of sp³-hybridized carbons (Fsp3) is 0.286. The third kappa shape index (κ3) is 4.83. The van der Waals surface area contributed by atoms with Crippen LogP contribution in [0.5, 0.6) is 0 Å². The molecule has 0 radical (unpaired) electrons. The van der Waals surface area contributed by atoms with E-state index in [0.717, 1.165) is 10.5 Å². The molecule has 0 aromatic heterocycles. The van der Waals surface area contributed by atoms with Gasteiger partial charge in [0.15, 0.2) is 0 Å². The molecule has 3 N–H and O–H groups in total. The summed E-state index contributed by atoms with van der Waals surface area (Å²) in [5.41, 5.74) is 1.31. The highest BCUT2D eigenvalue weighted by Crippen LogP contribution is 2.20. The smallest absolute Gasteiger partial charge is 0.317 e. The van der Waals surface area contributed by atoms with E-state index in [1.807, 2.05) is 0 Å². The van der Waals surface area contributed by atoms with Crippen LogP contribution in [0.25, 0.3) is 6.08 Å². The van der Waals surface area contributed by atoms with Crippen LogP contribution in [0.1, 0.15) is 17.2 Å². The zero-order valence-electron chi connectivity index (χ0n) is 10.9. The molecule has 0 aliphatic heterocycles. The minimum absolute atomic E-state index is 0.0799. The minimum Gasteiger partial charge on any atom is -0.480 e. The molecule has 108 valence electrons. The van der Waals surface area contributed by atoms with E-state index in [1.165, 1.54) is 0 Å². The molecule has 0 amide bonds. The Labute approximate surface area is 116 Å². The quantitative estimate of drug-likeness (QED) is 0.652. The number of carbonyl (C=O) groups is 2. The van der Waals surface area contributed by atoms with E-state index in [2.05, 4.69) is 6.58 Å². The van der Waals surface area contributed by atoms with E-state index in [0.29, 0.717) is 5.56 Å². The van der Waals surface area contributed by atoms with Crippen molar-refractivity contribution in [2.45, 2.75) is 6.10 Å². The standard InChI is InChI=1S/C14H17NO5/c1-2-10-5-3-4-6-11(10)12(16)7-15(8-13(17)18)9-14(19)20/h2-6,12,16H,1,7-9H2,(H,17,18)(H,19,20). The highest BCUT2D eigenvalue weighted by Gasteiger charge is 2.19. The van der Waals surface area contributed by atoms with Gasteiger partial charge in [0.25, 0.3) is 0 Å². The molecule has 0 saturated carbocycles. The van der Waals surface area contributed by atoms with Gasteiger partial charge in [0.1, 0.15) is 0 Å². The lowest BCUT2D eigenvalue weighted by Crippen LogP contribution is -2.37. The van der Waals surface area contributed by atoms with Crippen LogP contribution in [0.3, 0.4) is 0 Å². The first-order valence-electron chi connectivity index (χ1n) is 5.99. The first kappa shape index (κ1) is 15.9. The van der Waals surface area contributed by atoms with Gasteiger partial charge in [0, 0.05) is 6.54 Å². The summed E-state index contributed by atoms with van der Waals surface area (Å²) in [5, 5.41) is 27.7. The molecule has 0 aliphatic carbocycles. The average Bonchev–Trinajstić information content (AvgIpc) is 2.36. The maximum atomic E-state index is 10.7. The molecule has 0 heterocycles. The number of nitrogens with zero attached hydrogens (tertiary/aromatic N) is 1. The Morgan fingerprint density at radius 1 is 1.20 bits per heavy atom. The van der Waals surface area contributed by atoms with Crippen molar-refractivity contribution in [1.29, 1.82) is 0 Å². The van der Waals surface area contributed by atoms with Crippen LogP contribution in [0.2, 0.25) is 0 Å². The first-order chi connectivity index (χ1) is 9.43. The van der Waals surface area contributed by atoms with Crippen LogP contribution in [0.4, 0.5) is 0 Å². The van der Waals surface area contributed by atoms with Crippen molar-refractivity contribution < 1.29 is 24.9 Å². The molecule has 6 nitrogen and oxygen atoms in total. The summed E-state index contributed by atoms with van der Waals surface area (Å²) < 4.78 is 0. The Morgan fingerprint density at radius 2 is 1.75 bits per heavy atom. The molecule has 0 spiro atoms. The second-order valence-corrected chi connectivity index (χ2v) is 4.31. The summed E-state index contributed by atoms with van der Waals surface area (Å²) in [6, 6.07) is 7.00. The van der Waals surface area contributed by atoms with E-state index >= 15 is 0 Å². The van der Waals surface area contributed by atoms with Gasteiger partial charge < -0.3 is 15.3 Å². The lowest BCUT2D eigenvalue weighted by Gasteiger charge is -2.22. The molecular formula is C14H17NO5. The maximum absolute atomic E-state index is 10.7. The molecule has 0 bridgehead atoms. The molecular weight excluding hydrogens is 262 g/mol. The first-order valence-corrected chi connectivity index (χ1v) is 5.99. The van der Waals surface area contributed by atoms with E-state index in [1.54, 1.807) is 30.3 Å². The van der Waals surface area contributed by atoms with Gasteiger partial charge in [-0.2, -0.15) is 0 Å². The summed E-state index contributed by atoms with van der Waals surface area (Å²) in [6.45, 7) is 2.67. The Balaban J connectivity index is 2.83. The van der Waals surface area contributed by atoms with Crippen LogP contribution < -0.4 is 0 Å². The normalized spacial score (nSPS) is 12.1. The molecule has 6 heteroatoms. The fourth-order valence-electron chi connectivity index (χ4n) is 1.91. The summed E-state index contributed by atoms with van der Waals surface area (Å²) in [5.74, 6) is -2.29. The Kier molecular flexibility index (Phi) is 5.89. The summed E-state index contributed by atoms with van der Waals surface area (Å²) in [4.78, 5) is 22.6. The lowest BCUT2D eigenvalue weighted by molar-refractivity contribution is -0.142. The van der Waals surface area contributed by atoms with Crippen LogP contribution in [0.15, 0.2) is 30.8 Å². The van der Waals surface area contributed by atoms with Gasteiger partial charge in [0.2, 0.25) is 0 Å². The van der Waals surface area contributed by atoms with Crippen LogP contribution >= 0.6 is 0 Å². The molecule has 1 aromatic rings. The van der Waals surface area contributed by atoms with Crippen LogP contribution in [0, 0.1) is 0 Å². The van der Waals surface area contributed by atoms with Gasteiger partial charge >= 0.3 is 11.9 Å². The number of rotatable bonds is 8. The van der Waals surface area contributed by atoms with Crippen LogP contribution in [-0.4, -0.2) is 51.8 Å². The van der Waals surface area contributed by atoms with Crippen molar-refractivity contribution in [3.05, 3.63) is 42.0 Å². The van der Waals surface area contributed by atoms with Crippen LogP contribution in [-0.2, 0) is 9.59 Å². The van der Waals surface area contributed by atoms with Crippen molar-refractivity contribution in [2.24, 2.45) is 0 Å².